The maximum absolute atomic E-state index is 12.6. The van der Waals surface area contributed by atoms with Gasteiger partial charge in [0, 0.05) is 27.8 Å². The van der Waals surface area contributed by atoms with Gasteiger partial charge in [0.15, 0.2) is 0 Å². The second kappa shape index (κ2) is 8.31. The minimum absolute atomic E-state index is 0.112. The minimum atomic E-state index is -0.526. The number of anilines is 1. The van der Waals surface area contributed by atoms with Gasteiger partial charge in [-0.05, 0) is 24.6 Å². The van der Waals surface area contributed by atoms with E-state index in [9.17, 15) is 9.59 Å². The van der Waals surface area contributed by atoms with Gasteiger partial charge < -0.3 is 19.9 Å². The fraction of sp³-hybridized carbons (Fsp3) is 0.500. The maximum atomic E-state index is 12.6. The highest BCUT2D eigenvalue weighted by Gasteiger charge is 2.26. The molecule has 6 nitrogen and oxygen atoms in total. The van der Waals surface area contributed by atoms with E-state index in [1.54, 1.807) is 18.2 Å². The first-order valence-electron chi connectivity index (χ1n) is 9.40. The zero-order valence-electron chi connectivity index (χ0n) is 16.0. The van der Waals surface area contributed by atoms with Gasteiger partial charge in [-0.2, -0.15) is 0 Å². The number of esters is 1. The van der Waals surface area contributed by atoms with Crippen LogP contribution in [0.4, 0.5) is 5.69 Å². The summed E-state index contributed by atoms with van der Waals surface area (Å²) in [5.74, 6) is 0.739. The molecule has 3 rings (SSSR count). The summed E-state index contributed by atoms with van der Waals surface area (Å²) in [7, 11) is 1.31. The summed E-state index contributed by atoms with van der Waals surface area (Å²) in [5.41, 5.74) is 1.38. The van der Waals surface area contributed by atoms with Crippen LogP contribution in [0, 0.1) is 11.8 Å². The fourth-order valence-electron chi connectivity index (χ4n) is 4.17. The van der Waals surface area contributed by atoms with Crippen LogP contribution < -0.4 is 10.2 Å². The van der Waals surface area contributed by atoms with Gasteiger partial charge in [0.25, 0.3) is 0 Å². The lowest BCUT2D eigenvalue weighted by Crippen LogP contribution is -3.14. The van der Waals surface area contributed by atoms with Gasteiger partial charge in [-0.1, -0.05) is 25.4 Å². The van der Waals surface area contributed by atoms with Gasteiger partial charge in [-0.3, -0.25) is 4.79 Å². The molecule has 1 aliphatic heterocycles. The number of ether oxygens (including phenoxy) is 1. The summed E-state index contributed by atoms with van der Waals surface area (Å²) in [6, 6.07) is 5.24. The van der Waals surface area contributed by atoms with Crippen LogP contribution in [-0.2, 0) is 9.53 Å². The molecule has 1 aromatic carbocycles. The molecule has 0 bridgehead atoms. The number of likely N-dealkylation sites (tertiary alicyclic amines) is 1. The van der Waals surface area contributed by atoms with Crippen molar-refractivity contribution in [2.45, 2.75) is 26.7 Å². The molecular formula is C20H27ClN3O3+. The van der Waals surface area contributed by atoms with Crippen molar-refractivity contribution in [2.75, 3.05) is 32.1 Å². The largest absolute Gasteiger partial charge is 0.464 e. The molecule has 2 heterocycles. The van der Waals surface area contributed by atoms with Crippen molar-refractivity contribution >= 4 is 40.1 Å². The van der Waals surface area contributed by atoms with Gasteiger partial charge in [0.05, 0.1) is 38.9 Å². The van der Waals surface area contributed by atoms with Gasteiger partial charge in [-0.25, -0.2) is 4.79 Å². The molecule has 0 radical (unpaired) electrons. The number of H-pyrrole nitrogens is 1. The predicted octanol–water partition coefficient (Wildman–Crippen LogP) is 2.50. The van der Waals surface area contributed by atoms with E-state index in [4.69, 9.17) is 16.3 Å². The van der Waals surface area contributed by atoms with E-state index in [1.807, 2.05) is 0 Å². The average molecular weight is 393 g/mol. The number of hydrogen-bond acceptors (Lipinski definition) is 3. The van der Waals surface area contributed by atoms with Crippen molar-refractivity contribution in [2.24, 2.45) is 11.8 Å². The second-order valence-corrected chi connectivity index (χ2v) is 8.15. The van der Waals surface area contributed by atoms with E-state index in [0.29, 0.717) is 34.4 Å². The molecule has 1 amide bonds. The monoisotopic (exact) mass is 392 g/mol. The van der Waals surface area contributed by atoms with Crippen LogP contribution in [0.2, 0.25) is 5.02 Å². The number of quaternary nitrogens is 1. The molecule has 0 saturated carbocycles. The van der Waals surface area contributed by atoms with Crippen molar-refractivity contribution in [1.82, 2.24) is 4.98 Å². The number of aromatic nitrogens is 1. The first-order valence-corrected chi connectivity index (χ1v) is 9.78. The third kappa shape index (κ3) is 4.62. The van der Waals surface area contributed by atoms with Crippen molar-refractivity contribution in [3.63, 3.8) is 0 Å². The summed E-state index contributed by atoms with van der Waals surface area (Å²) in [5, 5.41) is 4.13. The summed E-state index contributed by atoms with van der Waals surface area (Å²) in [6.45, 7) is 7.54. The molecule has 3 N–H and O–H groups in total. The third-order valence-electron chi connectivity index (χ3n) is 5.20. The summed E-state index contributed by atoms with van der Waals surface area (Å²) >= 11 is 6.09. The number of aromatic amines is 1. The fourth-order valence-corrected chi connectivity index (χ4v) is 4.34. The molecule has 27 heavy (non-hydrogen) atoms. The number of amides is 1. The summed E-state index contributed by atoms with van der Waals surface area (Å²) in [6.07, 6.45) is 1.66. The molecule has 2 aromatic rings. The normalized spacial score (nSPS) is 22.6. The van der Waals surface area contributed by atoms with Crippen LogP contribution >= 0.6 is 11.6 Å². The van der Waals surface area contributed by atoms with Crippen molar-refractivity contribution in [3.8, 4) is 0 Å². The molecule has 1 fully saturated rings. The number of halogens is 1. The number of carbonyl (C=O) groups is 2. The Balaban J connectivity index is 1.74. The summed E-state index contributed by atoms with van der Waals surface area (Å²) in [4.78, 5) is 29.2. The van der Waals surface area contributed by atoms with Crippen molar-refractivity contribution in [3.05, 3.63) is 28.9 Å². The molecule has 1 aliphatic rings. The number of fused-ring (bicyclic) bond motifs is 1. The van der Waals surface area contributed by atoms with Crippen molar-refractivity contribution < 1.29 is 19.2 Å². The number of piperidine rings is 1. The first-order chi connectivity index (χ1) is 12.9. The van der Waals surface area contributed by atoms with E-state index in [1.165, 1.54) is 18.4 Å². The highest BCUT2D eigenvalue weighted by Crippen LogP contribution is 2.30. The number of carbonyl (C=O) groups excluding carboxylic acids is 2. The Labute approximate surface area is 164 Å². The molecule has 7 heteroatoms. The highest BCUT2D eigenvalue weighted by atomic mass is 35.5. The lowest BCUT2D eigenvalue weighted by Gasteiger charge is -2.31. The van der Waals surface area contributed by atoms with Gasteiger partial charge in [0.2, 0.25) is 5.91 Å². The van der Waals surface area contributed by atoms with Gasteiger partial charge in [-0.15, -0.1) is 0 Å². The molecule has 2 atom stereocenters. The number of hydrogen-bond donors (Lipinski definition) is 3. The number of rotatable bonds is 5. The quantitative estimate of drug-likeness (QED) is 0.684. The lowest BCUT2D eigenvalue weighted by molar-refractivity contribution is -0.911. The van der Waals surface area contributed by atoms with E-state index in [0.717, 1.165) is 25.2 Å². The Morgan fingerprint density at radius 3 is 2.67 bits per heavy atom. The Hall–Kier alpha value is -2.05. The third-order valence-corrected chi connectivity index (χ3v) is 5.43. The zero-order chi connectivity index (χ0) is 19.6. The van der Waals surface area contributed by atoms with Crippen LogP contribution in [-0.4, -0.2) is 43.6 Å². The van der Waals surface area contributed by atoms with E-state index in [-0.39, 0.29) is 11.6 Å². The van der Waals surface area contributed by atoms with Crippen LogP contribution in [0.1, 0.15) is 37.2 Å². The minimum Gasteiger partial charge on any atom is -0.464 e. The lowest BCUT2D eigenvalue weighted by atomic mass is 9.92. The van der Waals surface area contributed by atoms with Gasteiger partial charge >= 0.3 is 5.97 Å². The van der Waals surface area contributed by atoms with Crippen LogP contribution in [0.3, 0.4) is 0 Å². The average Bonchev–Trinajstić information content (AvgIpc) is 2.96. The predicted molar refractivity (Wildman–Crippen MR) is 106 cm³/mol. The molecule has 0 aliphatic carbocycles. The van der Waals surface area contributed by atoms with Crippen LogP contribution in [0.25, 0.3) is 10.9 Å². The Morgan fingerprint density at radius 2 is 2.00 bits per heavy atom. The first kappa shape index (κ1) is 19.7. The van der Waals surface area contributed by atoms with E-state index < -0.39 is 5.97 Å². The maximum Gasteiger partial charge on any atom is 0.356 e. The Kier molecular flexibility index (Phi) is 6.07. The second-order valence-electron chi connectivity index (χ2n) is 7.71. The molecule has 146 valence electrons. The molecule has 0 unspecified atom stereocenters. The molecule has 0 spiro atoms. The van der Waals surface area contributed by atoms with E-state index in [2.05, 4.69) is 24.1 Å². The SMILES string of the molecule is COC(=O)c1[nH]c2ccc(Cl)cc2c1NC(=O)CC[NH+]1C[C@@H](C)C[C@H](C)C1. The molecule has 1 saturated heterocycles. The van der Waals surface area contributed by atoms with Crippen LogP contribution in [0.5, 0.6) is 0 Å². The van der Waals surface area contributed by atoms with Gasteiger partial charge in [0.1, 0.15) is 5.69 Å². The zero-order valence-corrected chi connectivity index (χ0v) is 16.8. The smallest absolute Gasteiger partial charge is 0.356 e. The number of methoxy groups -OCH3 is 1. The number of benzene rings is 1. The van der Waals surface area contributed by atoms with Crippen LogP contribution in [0.15, 0.2) is 18.2 Å². The molecular weight excluding hydrogens is 366 g/mol. The van der Waals surface area contributed by atoms with E-state index >= 15 is 0 Å². The topological polar surface area (TPSA) is 75.6 Å². The standard InChI is InChI=1S/C20H26ClN3O3/c1-12-8-13(2)11-24(10-12)7-6-17(25)23-18-15-9-14(21)4-5-16(15)22-19(18)20(26)27-3/h4-5,9,12-13,22H,6-8,10-11H2,1-3H3,(H,23,25)/p+1/t12-,13-/m0/s1. The summed E-state index contributed by atoms with van der Waals surface area (Å²) < 4.78 is 4.84. The van der Waals surface area contributed by atoms with Crippen molar-refractivity contribution in [1.29, 1.82) is 0 Å². The highest BCUT2D eigenvalue weighted by molar-refractivity contribution is 6.31. The Morgan fingerprint density at radius 1 is 1.30 bits per heavy atom. The number of nitrogens with one attached hydrogen (secondary N) is 3. The Bertz CT molecular complexity index is 838. The molecule has 1 aromatic heterocycles.